The van der Waals surface area contributed by atoms with Crippen molar-refractivity contribution in [3.05, 3.63) is 64.1 Å². The van der Waals surface area contributed by atoms with E-state index >= 15 is 0 Å². The zero-order valence-corrected chi connectivity index (χ0v) is 15.9. The predicted octanol–water partition coefficient (Wildman–Crippen LogP) is 6.37. The van der Waals surface area contributed by atoms with Crippen LogP contribution in [-0.2, 0) is 13.6 Å². The molecule has 0 aliphatic heterocycles. The largest absolute Gasteiger partial charge is 0.368 e. The average molecular weight is 388 g/mol. The van der Waals surface area contributed by atoms with Crippen LogP contribution in [0.1, 0.15) is 25.2 Å². The Morgan fingerprint density at radius 1 is 1.00 bits per heavy atom. The minimum absolute atomic E-state index is 0.274. The maximum absolute atomic E-state index is 13.3. The second-order valence-corrected chi connectivity index (χ2v) is 7.97. The van der Waals surface area contributed by atoms with Crippen molar-refractivity contribution in [3.8, 4) is 0 Å². The smallest absolute Gasteiger partial charge is 0.357 e. The number of nitrogens with one attached hydrogen (secondary N) is 1. The third-order valence-electron chi connectivity index (χ3n) is 3.25. The lowest BCUT2D eigenvalue weighted by atomic mass is 10.2. The molecular formula is C17H20Cl2NO3P. The summed E-state index contributed by atoms with van der Waals surface area (Å²) < 4.78 is 24.4. The van der Waals surface area contributed by atoms with Gasteiger partial charge in [-0.1, -0.05) is 35.3 Å². The van der Waals surface area contributed by atoms with Crippen LogP contribution >= 0.6 is 30.8 Å². The summed E-state index contributed by atoms with van der Waals surface area (Å²) in [5, 5.41) is 4.40. The Hall–Kier alpha value is -1.03. The van der Waals surface area contributed by atoms with Gasteiger partial charge in [0.15, 0.2) is 5.78 Å². The minimum Gasteiger partial charge on any atom is -0.368 e. The van der Waals surface area contributed by atoms with Gasteiger partial charge in [0.2, 0.25) is 0 Å². The molecule has 24 heavy (non-hydrogen) atoms. The highest BCUT2D eigenvalue weighted by Crippen LogP contribution is 2.60. The van der Waals surface area contributed by atoms with Crippen LogP contribution < -0.4 is 5.32 Å². The summed E-state index contributed by atoms with van der Waals surface area (Å²) in [6.07, 6.45) is 0. The van der Waals surface area contributed by atoms with Crippen molar-refractivity contribution in [3.63, 3.8) is 0 Å². The van der Waals surface area contributed by atoms with E-state index in [2.05, 4.69) is 5.32 Å². The van der Waals surface area contributed by atoms with Crippen molar-refractivity contribution in [2.24, 2.45) is 0 Å². The first-order valence-electron chi connectivity index (χ1n) is 7.65. The number of rotatable bonds is 8. The van der Waals surface area contributed by atoms with Crippen LogP contribution in [0.3, 0.4) is 0 Å². The van der Waals surface area contributed by atoms with Gasteiger partial charge < -0.3 is 14.4 Å². The van der Waals surface area contributed by atoms with Gasteiger partial charge in [0, 0.05) is 15.7 Å². The van der Waals surface area contributed by atoms with Crippen molar-refractivity contribution in [1.29, 1.82) is 0 Å². The van der Waals surface area contributed by atoms with Crippen LogP contribution in [0.5, 0.6) is 0 Å². The van der Waals surface area contributed by atoms with Gasteiger partial charge in [0.25, 0.3) is 0 Å². The fourth-order valence-corrected chi connectivity index (χ4v) is 4.52. The van der Waals surface area contributed by atoms with Gasteiger partial charge in [-0.3, -0.25) is 4.57 Å². The summed E-state index contributed by atoms with van der Waals surface area (Å²) >= 11 is 12.0. The molecule has 2 aromatic carbocycles. The second kappa shape index (κ2) is 8.89. The third-order valence-corrected chi connectivity index (χ3v) is 6.03. The second-order valence-electron chi connectivity index (χ2n) is 4.98. The highest BCUT2D eigenvalue weighted by atomic mass is 35.5. The molecule has 0 aromatic heterocycles. The predicted molar refractivity (Wildman–Crippen MR) is 100 cm³/mol. The Morgan fingerprint density at radius 2 is 1.62 bits per heavy atom. The van der Waals surface area contributed by atoms with Crippen LogP contribution in [0.15, 0.2) is 48.5 Å². The number of hydrogen-bond donors (Lipinski definition) is 1. The van der Waals surface area contributed by atoms with Crippen LogP contribution in [0.25, 0.3) is 0 Å². The van der Waals surface area contributed by atoms with Crippen molar-refractivity contribution in [2.75, 3.05) is 18.5 Å². The molecule has 2 aromatic rings. The van der Waals surface area contributed by atoms with E-state index in [0.717, 1.165) is 11.3 Å². The summed E-state index contributed by atoms with van der Waals surface area (Å²) in [4.78, 5) is 0. The summed E-state index contributed by atoms with van der Waals surface area (Å²) in [5.74, 6) is -0.683. The minimum atomic E-state index is -3.45. The summed E-state index contributed by atoms with van der Waals surface area (Å²) in [7, 11) is -3.45. The van der Waals surface area contributed by atoms with Gasteiger partial charge in [0.05, 0.1) is 13.2 Å². The molecule has 1 atom stereocenters. The quantitative estimate of drug-likeness (QED) is 0.534. The lowest BCUT2D eigenvalue weighted by Crippen LogP contribution is -2.15. The Kier molecular flexibility index (Phi) is 7.15. The highest BCUT2D eigenvalue weighted by Gasteiger charge is 2.37. The summed E-state index contributed by atoms with van der Waals surface area (Å²) in [6, 6.07) is 14.3. The first kappa shape index (κ1) is 19.3. The molecule has 4 nitrogen and oxygen atoms in total. The normalized spacial score (nSPS) is 12.8. The number of benzene rings is 2. The molecule has 2 rings (SSSR count). The standard InChI is InChI=1S/C17H20Cl2NO3P/c1-3-22-24(21,23-4-2)17(13-6-5-7-15(19)12-13)20-16-10-8-14(18)9-11-16/h5-12,17,20H,3-4H2,1-2H3. The van der Waals surface area contributed by atoms with Crippen LogP contribution in [0.4, 0.5) is 5.69 Å². The molecule has 7 heteroatoms. The molecule has 0 spiro atoms. The topological polar surface area (TPSA) is 47.6 Å². The molecule has 1 N–H and O–H groups in total. The Morgan fingerprint density at radius 3 is 2.17 bits per heavy atom. The first-order chi connectivity index (χ1) is 11.5. The van der Waals surface area contributed by atoms with Gasteiger partial charge in [-0.25, -0.2) is 0 Å². The number of halogens is 2. The maximum atomic E-state index is 13.3. The van der Waals surface area contributed by atoms with Gasteiger partial charge in [-0.2, -0.15) is 0 Å². The number of hydrogen-bond acceptors (Lipinski definition) is 4. The Labute approximate surface area is 152 Å². The highest BCUT2D eigenvalue weighted by molar-refractivity contribution is 7.54. The van der Waals surface area contributed by atoms with Crippen molar-refractivity contribution >= 4 is 36.5 Å². The molecule has 1 unspecified atom stereocenters. The fraction of sp³-hybridized carbons (Fsp3) is 0.294. The summed E-state index contributed by atoms with van der Waals surface area (Å²) in [5.41, 5.74) is 1.48. The first-order valence-corrected chi connectivity index (χ1v) is 10.0. The van der Waals surface area contributed by atoms with E-state index < -0.39 is 13.4 Å². The van der Waals surface area contributed by atoms with Crippen molar-refractivity contribution < 1.29 is 13.6 Å². The zero-order valence-electron chi connectivity index (χ0n) is 13.5. The van der Waals surface area contributed by atoms with Gasteiger partial charge in [0.1, 0.15) is 0 Å². The summed E-state index contributed by atoms with van der Waals surface area (Å²) in [6.45, 7) is 4.11. The van der Waals surface area contributed by atoms with E-state index in [1.807, 2.05) is 18.2 Å². The average Bonchev–Trinajstić information content (AvgIpc) is 2.54. The molecule has 0 amide bonds. The third kappa shape index (κ3) is 4.98. The van der Waals surface area contributed by atoms with Crippen molar-refractivity contribution in [1.82, 2.24) is 0 Å². The van der Waals surface area contributed by atoms with Crippen LogP contribution in [0, 0.1) is 0 Å². The molecular weight excluding hydrogens is 368 g/mol. The molecule has 0 saturated heterocycles. The molecule has 0 aliphatic rings. The number of anilines is 1. The fourth-order valence-electron chi connectivity index (χ4n) is 2.27. The van der Waals surface area contributed by atoms with E-state index in [4.69, 9.17) is 32.2 Å². The van der Waals surface area contributed by atoms with E-state index in [1.165, 1.54) is 0 Å². The molecule has 0 fully saturated rings. The Bertz CT molecular complexity index is 699. The molecule has 0 aliphatic carbocycles. The molecule has 0 bridgehead atoms. The SMILES string of the molecule is CCOP(=O)(OCC)C(Nc1ccc(Cl)cc1)c1cccc(Cl)c1. The van der Waals surface area contributed by atoms with Gasteiger partial charge in [-0.15, -0.1) is 0 Å². The van der Waals surface area contributed by atoms with E-state index in [1.54, 1.807) is 44.2 Å². The molecule has 0 saturated carbocycles. The van der Waals surface area contributed by atoms with E-state index in [9.17, 15) is 4.57 Å². The van der Waals surface area contributed by atoms with Crippen molar-refractivity contribution in [2.45, 2.75) is 19.6 Å². The zero-order chi connectivity index (χ0) is 17.6. The van der Waals surface area contributed by atoms with Crippen LogP contribution in [-0.4, -0.2) is 13.2 Å². The lowest BCUT2D eigenvalue weighted by Gasteiger charge is -2.28. The molecule has 0 heterocycles. The van der Waals surface area contributed by atoms with Gasteiger partial charge in [-0.05, 0) is 55.8 Å². The maximum Gasteiger partial charge on any atom is 0.357 e. The monoisotopic (exact) mass is 387 g/mol. The van der Waals surface area contributed by atoms with E-state index in [-0.39, 0.29) is 13.2 Å². The van der Waals surface area contributed by atoms with Gasteiger partial charge >= 0.3 is 7.60 Å². The molecule has 0 radical (unpaired) electrons. The van der Waals surface area contributed by atoms with E-state index in [0.29, 0.717) is 10.0 Å². The van der Waals surface area contributed by atoms with Crippen LogP contribution in [0.2, 0.25) is 10.0 Å². The molecule has 130 valence electrons. The lowest BCUT2D eigenvalue weighted by molar-refractivity contribution is 0.214. The Balaban J connectivity index is 2.43.